The molecule has 1 fully saturated rings. The highest BCUT2D eigenvalue weighted by Crippen LogP contribution is 2.27. The second kappa shape index (κ2) is 6.52. The first-order chi connectivity index (χ1) is 10.2. The van der Waals surface area contributed by atoms with Crippen molar-refractivity contribution in [3.8, 4) is 5.75 Å². The fraction of sp³-hybridized carbons (Fsp3) is 0.600. The lowest BCUT2D eigenvalue weighted by Gasteiger charge is -2.18. The van der Waals surface area contributed by atoms with Crippen LogP contribution in [0.3, 0.4) is 0 Å². The maximum absolute atomic E-state index is 14.0. The van der Waals surface area contributed by atoms with E-state index in [1.54, 1.807) is 0 Å². The Bertz CT molecular complexity index is 619. The molecule has 0 saturated heterocycles. The Kier molecular flexibility index (Phi) is 5.09. The normalized spacial score (nSPS) is 16.9. The molecule has 0 bridgehead atoms. The minimum absolute atomic E-state index is 0.00488. The van der Waals surface area contributed by atoms with Crippen LogP contribution in [-0.4, -0.2) is 31.8 Å². The highest BCUT2D eigenvalue weighted by Gasteiger charge is 2.22. The van der Waals surface area contributed by atoms with Crippen LogP contribution in [0.4, 0.5) is 4.39 Å². The van der Waals surface area contributed by atoms with Gasteiger partial charge in [0.2, 0.25) is 10.0 Å². The van der Waals surface area contributed by atoms with Gasteiger partial charge in [0.05, 0.1) is 16.6 Å². The second-order valence-electron chi connectivity index (χ2n) is 6.25. The SMILES string of the molecule is CC(C)(O)CNS(=O)(=O)c1ccc(OC2CCCC2)c(F)c1. The Morgan fingerprint density at radius 1 is 1.36 bits per heavy atom. The predicted octanol–water partition coefficient (Wildman–Crippen LogP) is 2.20. The fourth-order valence-corrected chi connectivity index (χ4v) is 3.50. The maximum Gasteiger partial charge on any atom is 0.240 e. The van der Waals surface area contributed by atoms with Crippen molar-refractivity contribution < 1.29 is 22.7 Å². The summed E-state index contributed by atoms with van der Waals surface area (Å²) in [5, 5.41) is 9.56. The molecule has 2 rings (SSSR count). The summed E-state index contributed by atoms with van der Waals surface area (Å²) < 4.78 is 46.0. The number of hydrogen-bond donors (Lipinski definition) is 2. The molecule has 0 aromatic heterocycles. The van der Waals surface area contributed by atoms with Crippen molar-refractivity contribution in [1.82, 2.24) is 4.72 Å². The van der Waals surface area contributed by atoms with E-state index in [0.717, 1.165) is 31.7 Å². The van der Waals surface area contributed by atoms with Crippen LogP contribution >= 0.6 is 0 Å². The van der Waals surface area contributed by atoms with E-state index in [1.165, 1.54) is 26.0 Å². The highest BCUT2D eigenvalue weighted by atomic mass is 32.2. The number of aliphatic hydroxyl groups is 1. The standard InChI is InChI=1S/C15H22FNO4S/c1-15(2,18)10-17-22(19,20)12-7-8-14(13(16)9-12)21-11-5-3-4-6-11/h7-9,11,17-18H,3-6,10H2,1-2H3. The first-order valence-electron chi connectivity index (χ1n) is 7.36. The Labute approximate surface area is 130 Å². The van der Waals surface area contributed by atoms with Gasteiger partial charge in [-0.1, -0.05) is 0 Å². The van der Waals surface area contributed by atoms with Crippen LogP contribution in [0.2, 0.25) is 0 Å². The van der Waals surface area contributed by atoms with Gasteiger partial charge in [0, 0.05) is 6.54 Å². The molecule has 0 spiro atoms. The van der Waals surface area contributed by atoms with E-state index >= 15 is 0 Å². The van der Waals surface area contributed by atoms with Crippen molar-refractivity contribution in [2.24, 2.45) is 0 Å². The largest absolute Gasteiger partial charge is 0.487 e. The van der Waals surface area contributed by atoms with E-state index in [-0.39, 0.29) is 23.3 Å². The zero-order chi connectivity index (χ0) is 16.4. The molecule has 0 radical (unpaired) electrons. The summed E-state index contributed by atoms with van der Waals surface area (Å²) in [6.45, 7) is 2.81. The minimum atomic E-state index is -3.87. The molecule has 1 aliphatic carbocycles. The molecule has 0 atom stereocenters. The number of rotatable bonds is 6. The number of benzene rings is 1. The van der Waals surface area contributed by atoms with Crippen molar-refractivity contribution in [3.05, 3.63) is 24.0 Å². The topological polar surface area (TPSA) is 75.6 Å². The molecule has 1 saturated carbocycles. The summed E-state index contributed by atoms with van der Waals surface area (Å²) in [7, 11) is -3.87. The average molecular weight is 331 g/mol. The lowest BCUT2D eigenvalue weighted by molar-refractivity contribution is 0.0857. The zero-order valence-electron chi connectivity index (χ0n) is 12.8. The number of halogens is 1. The molecule has 5 nitrogen and oxygen atoms in total. The monoisotopic (exact) mass is 331 g/mol. The average Bonchev–Trinajstić information content (AvgIpc) is 2.91. The van der Waals surface area contributed by atoms with Gasteiger partial charge in [-0.15, -0.1) is 0 Å². The third kappa shape index (κ3) is 4.66. The number of ether oxygens (including phenoxy) is 1. The first kappa shape index (κ1) is 17.2. The van der Waals surface area contributed by atoms with Crippen LogP contribution in [0, 0.1) is 5.82 Å². The van der Waals surface area contributed by atoms with Gasteiger partial charge in [-0.25, -0.2) is 17.5 Å². The van der Waals surface area contributed by atoms with Crippen molar-refractivity contribution in [3.63, 3.8) is 0 Å². The summed E-state index contributed by atoms with van der Waals surface area (Å²) in [5.74, 6) is -0.619. The molecule has 22 heavy (non-hydrogen) atoms. The van der Waals surface area contributed by atoms with E-state index in [1.807, 2.05) is 0 Å². The lowest BCUT2D eigenvalue weighted by Crippen LogP contribution is -2.38. The Balaban J connectivity index is 2.10. The summed E-state index contributed by atoms with van der Waals surface area (Å²) in [6, 6.07) is 3.59. The maximum atomic E-state index is 14.0. The summed E-state index contributed by atoms with van der Waals surface area (Å²) in [5.41, 5.74) is -1.18. The predicted molar refractivity (Wildman–Crippen MR) is 80.8 cm³/mol. The van der Waals surface area contributed by atoms with Gasteiger partial charge in [0.25, 0.3) is 0 Å². The van der Waals surface area contributed by atoms with Gasteiger partial charge in [-0.3, -0.25) is 0 Å². The molecule has 1 aliphatic rings. The third-order valence-electron chi connectivity index (χ3n) is 3.50. The van der Waals surface area contributed by atoms with Gasteiger partial charge in [0.1, 0.15) is 0 Å². The van der Waals surface area contributed by atoms with Crippen molar-refractivity contribution in [2.75, 3.05) is 6.54 Å². The van der Waals surface area contributed by atoms with Crippen LogP contribution in [0.1, 0.15) is 39.5 Å². The summed E-state index contributed by atoms with van der Waals surface area (Å²) >= 11 is 0. The van der Waals surface area contributed by atoms with Gasteiger partial charge >= 0.3 is 0 Å². The van der Waals surface area contributed by atoms with Gasteiger partial charge in [-0.05, 0) is 57.7 Å². The number of hydrogen-bond acceptors (Lipinski definition) is 4. The lowest BCUT2D eigenvalue weighted by atomic mass is 10.1. The fourth-order valence-electron chi connectivity index (χ4n) is 2.29. The Morgan fingerprint density at radius 3 is 2.55 bits per heavy atom. The van der Waals surface area contributed by atoms with E-state index < -0.39 is 21.4 Å². The Morgan fingerprint density at radius 2 is 2.00 bits per heavy atom. The van der Waals surface area contributed by atoms with E-state index in [4.69, 9.17) is 4.74 Å². The molecule has 0 amide bonds. The van der Waals surface area contributed by atoms with Crippen LogP contribution in [-0.2, 0) is 10.0 Å². The van der Waals surface area contributed by atoms with Crippen LogP contribution in [0.5, 0.6) is 5.75 Å². The summed E-state index contributed by atoms with van der Waals surface area (Å²) in [4.78, 5) is -0.187. The van der Waals surface area contributed by atoms with E-state index in [9.17, 15) is 17.9 Å². The van der Waals surface area contributed by atoms with Crippen molar-refractivity contribution in [1.29, 1.82) is 0 Å². The molecule has 0 aliphatic heterocycles. The third-order valence-corrected chi connectivity index (χ3v) is 4.90. The van der Waals surface area contributed by atoms with Crippen LogP contribution in [0.25, 0.3) is 0 Å². The zero-order valence-corrected chi connectivity index (χ0v) is 13.6. The summed E-state index contributed by atoms with van der Waals surface area (Å²) in [6.07, 6.45) is 3.93. The smallest absolute Gasteiger partial charge is 0.240 e. The molecule has 1 aromatic carbocycles. The molecule has 1 aromatic rings. The number of nitrogens with one attached hydrogen (secondary N) is 1. The molecule has 0 unspecified atom stereocenters. The van der Waals surface area contributed by atoms with E-state index in [2.05, 4.69) is 4.72 Å². The molecular formula is C15H22FNO4S. The van der Waals surface area contributed by atoms with Gasteiger partial charge in [-0.2, -0.15) is 0 Å². The van der Waals surface area contributed by atoms with Gasteiger partial charge in [0.15, 0.2) is 11.6 Å². The first-order valence-corrected chi connectivity index (χ1v) is 8.84. The molecule has 0 heterocycles. The van der Waals surface area contributed by atoms with Gasteiger partial charge < -0.3 is 9.84 Å². The minimum Gasteiger partial charge on any atom is -0.487 e. The van der Waals surface area contributed by atoms with Crippen LogP contribution in [0.15, 0.2) is 23.1 Å². The van der Waals surface area contributed by atoms with Crippen LogP contribution < -0.4 is 9.46 Å². The van der Waals surface area contributed by atoms with E-state index in [0.29, 0.717) is 0 Å². The molecule has 7 heteroatoms. The van der Waals surface area contributed by atoms with Crippen molar-refractivity contribution >= 4 is 10.0 Å². The highest BCUT2D eigenvalue weighted by molar-refractivity contribution is 7.89. The molecular weight excluding hydrogens is 309 g/mol. The quantitative estimate of drug-likeness (QED) is 0.838. The molecule has 2 N–H and O–H groups in total. The van der Waals surface area contributed by atoms with Crippen molar-refractivity contribution in [2.45, 2.75) is 56.1 Å². The number of sulfonamides is 1. The second-order valence-corrected chi connectivity index (χ2v) is 8.02. The Hall–Kier alpha value is -1.18. The molecule has 124 valence electrons.